The van der Waals surface area contributed by atoms with Crippen LogP contribution in [-0.4, -0.2) is 29.6 Å². The van der Waals surface area contributed by atoms with E-state index in [-0.39, 0.29) is 23.5 Å². The maximum absolute atomic E-state index is 6.85. The van der Waals surface area contributed by atoms with Gasteiger partial charge in [0, 0.05) is 29.7 Å². The predicted octanol–water partition coefficient (Wildman–Crippen LogP) is 4.66. The zero-order valence-corrected chi connectivity index (χ0v) is 19.6. The van der Waals surface area contributed by atoms with Crippen LogP contribution in [-0.2, 0) is 0 Å². The summed E-state index contributed by atoms with van der Waals surface area (Å²) in [6.45, 7) is 24.9. The largest absolute Gasteiger partial charge is 0.399 e. The molecule has 30 heavy (non-hydrogen) atoms. The van der Waals surface area contributed by atoms with Crippen LogP contribution in [0.5, 0.6) is 0 Å². The smallest absolute Gasteiger partial charge is 0.0711 e. The lowest BCUT2D eigenvalue weighted by atomic mass is 9.70. The minimum atomic E-state index is 0.0100. The van der Waals surface area contributed by atoms with Gasteiger partial charge in [0.25, 0.3) is 0 Å². The van der Waals surface area contributed by atoms with Gasteiger partial charge in [0.2, 0.25) is 0 Å². The van der Waals surface area contributed by atoms with Crippen LogP contribution >= 0.6 is 0 Å². The minimum Gasteiger partial charge on any atom is -0.399 e. The van der Waals surface area contributed by atoms with Crippen LogP contribution in [0.3, 0.4) is 0 Å². The van der Waals surface area contributed by atoms with Gasteiger partial charge in [0.1, 0.15) is 0 Å². The van der Waals surface area contributed by atoms with Crippen LogP contribution in [0.2, 0.25) is 0 Å². The average molecular weight is 413 g/mol. The van der Waals surface area contributed by atoms with Crippen molar-refractivity contribution in [2.24, 2.45) is 34.6 Å². The van der Waals surface area contributed by atoms with Gasteiger partial charge in [-0.05, 0) is 54.4 Å². The molecule has 4 nitrogen and oxygen atoms in total. The predicted molar refractivity (Wildman–Crippen MR) is 128 cm³/mol. The highest BCUT2D eigenvalue weighted by atomic mass is 15.3. The zero-order chi connectivity index (χ0) is 22.2. The average Bonchev–Trinajstić information content (AvgIpc) is 3.35. The molecule has 4 heteroatoms. The first-order chi connectivity index (χ1) is 14.0. The summed E-state index contributed by atoms with van der Waals surface area (Å²) in [6.07, 6.45) is 8.53. The molecule has 168 valence electrons. The number of hydrogen-bond acceptors (Lipinski definition) is 4. The quantitative estimate of drug-likeness (QED) is 0.456. The number of fused-ring (bicyclic) bond motifs is 1. The molecule has 2 aliphatic carbocycles. The van der Waals surface area contributed by atoms with Crippen LogP contribution in [0.1, 0.15) is 65.7 Å². The number of rotatable bonds is 10. The molecule has 1 heterocycles. The molecule has 0 aromatic heterocycles. The van der Waals surface area contributed by atoms with Crippen LogP contribution in [0.4, 0.5) is 0 Å². The Balaban J connectivity index is 1.73. The Labute approximate surface area is 184 Å². The van der Waals surface area contributed by atoms with Gasteiger partial charge >= 0.3 is 0 Å². The van der Waals surface area contributed by atoms with Crippen molar-refractivity contribution in [3.63, 3.8) is 0 Å². The highest BCUT2D eigenvalue weighted by Gasteiger charge is 2.55. The first kappa shape index (κ1) is 23.0. The van der Waals surface area contributed by atoms with E-state index in [1.807, 2.05) is 0 Å². The minimum absolute atomic E-state index is 0.0100. The number of piperidine rings is 1. The lowest BCUT2D eigenvalue weighted by molar-refractivity contribution is 0.156. The van der Waals surface area contributed by atoms with E-state index < -0.39 is 0 Å². The number of nitrogens with zero attached hydrogens (tertiary/aromatic N) is 1. The van der Waals surface area contributed by atoms with Crippen molar-refractivity contribution >= 4 is 0 Å². The van der Waals surface area contributed by atoms with Crippen molar-refractivity contribution in [1.82, 2.24) is 10.2 Å². The molecule has 0 aromatic rings. The molecule has 5 atom stereocenters. The van der Waals surface area contributed by atoms with Crippen LogP contribution < -0.4 is 16.8 Å². The Morgan fingerprint density at radius 1 is 1.13 bits per heavy atom. The van der Waals surface area contributed by atoms with Gasteiger partial charge in [-0.2, -0.15) is 0 Å². The summed E-state index contributed by atoms with van der Waals surface area (Å²) in [5, 5.41) is 3.68. The number of nitrogens with one attached hydrogen (secondary N) is 1. The summed E-state index contributed by atoms with van der Waals surface area (Å²) < 4.78 is 0. The lowest BCUT2D eigenvalue weighted by Crippen LogP contribution is -2.50. The Hall–Kier alpha value is -1.68. The first-order valence-electron chi connectivity index (χ1n) is 11.8. The maximum atomic E-state index is 6.85. The summed E-state index contributed by atoms with van der Waals surface area (Å²) in [7, 11) is 0. The van der Waals surface area contributed by atoms with Gasteiger partial charge in [0.15, 0.2) is 0 Å². The van der Waals surface area contributed by atoms with Crippen molar-refractivity contribution in [2.45, 2.75) is 83.8 Å². The second kappa shape index (κ2) is 8.82. The molecule has 5 N–H and O–H groups in total. The van der Waals surface area contributed by atoms with Crippen LogP contribution in [0.25, 0.3) is 0 Å². The Kier molecular flexibility index (Phi) is 6.76. The monoisotopic (exact) mass is 412 g/mol. The van der Waals surface area contributed by atoms with E-state index in [4.69, 9.17) is 11.5 Å². The van der Waals surface area contributed by atoms with Crippen molar-refractivity contribution in [2.75, 3.05) is 6.54 Å². The molecule has 1 saturated heterocycles. The van der Waals surface area contributed by atoms with Crippen molar-refractivity contribution in [1.29, 1.82) is 0 Å². The molecule has 0 spiro atoms. The molecule has 0 amide bonds. The molecule has 3 fully saturated rings. The fourth-order valence-corrected chi connectivity index (χ4v) is 5.75. The van der Waals surface area contributed by atoms with Crippen LogP contribution in [0.15, 0.2) is 49.0 Å². The number of likely N-dealkylation sites (tertiary alicyclic amines) is 1. The highest BCUT2D eigenvalue weighted by molar-refractivity contribution is 5.31. The van der Waals surface area contributed by atoms with Crippen molar-refractivity contribution in [3.8, 4) is 0 Å². The summed E-state index contributed by atoms with van der Waals surface area (Å²) in [4.78, 5) is 2.46. The van der Waals surface area contributed by atoms with E-state index in [2.05, 4.69) is 57.3 Å². The van der Waals surface area contributed by atoms with Gasteiger partial charge in [-0.3, -0.25) is 0 Å². The van der Waals surface area contributed by atoms with E-state index in [1.54, 1.807) is 0 Å². The molecule has 0 bridgehead atoms. The van der Waals surface area contributed by atoms with Crippen molar-refractivity contribution in [3.05, 3.63) is 49.0 Å². The summed E-state index contributed by atoms with van der Waals surface area (Å²) in [6, 6.07) is 0.331. The Bertz CT molecular complexity index is 700. The highest BCUT2D eigenvalue weighted by Crippen LogP contribution is 2.53. The third-order valence-electron chi connectivity index (χ3n) is 7.88. The molecular weight excluding hydrogens is 368 g/mol. The fourth-order valence-electron chi connectivity index (χ4n) is 5.75. The zero-order valence-electron chi connectivity index (χ0n) is 19.6. The molecule has 3 rings (SSSR count). The number of nitrogens with two attached hydrogens (primary N) is 2. The number of hydrogen-bond donors (Lipinski definition) is 3. The summed E-state index contributed by atoms with van der Waals surface area (Å²) >= 11 is 0. The van der Waals surface area contributed by atoms with Crippen LogP contribution in [0, 0.1) is 23.2 Å². The van der Waals surface area contributed by atoms with Gasteiger partial charge < -0.3 is 21.7 Å². The SMILES string of the molecule is C=C(N)C(=C)C(CC(C)C)NC(=C)C1[C@H]2C[C@H]2CN1C(=C)C(N)C1(C)CCCCC1. The maximum Gasteiger partial charge on any atom is 0.0711 e. The van der Waals surface area contributed by atoms with E-state index >= 15 is 0 Å². The normalized spacial score (nSPS) is 29.1. The fraction of sp³-hybridized carbons (Fsp3) is 0.692. The first-order valence-corrected chi connectivity index (χ1v) is 11.8. The summed E-state index contributed by atoms with van der Waals surface area (Å²) in [5.41, 5.74) is 16.6. The van der Waals surface area contributed by atoms with Crippen molar-refractivity contribution < 1.29 is 0 Å². The molecule has 3 aliphatic rings. The third-order valence-corrected chi connectivity index (χ3v) is 7.88. The van der Waals surface area contributed by atoms with Gasteiger partial charge in [-0.15, -0.1) is 0 Å². The summed E-state index contributed by atoms with van der Waals surface area (Å²) in [5.74, 6) is 1.92. The van der Waals surface area contributed by atoms with Gasteiger partial charge in [-0.25, -0.2) is 0 Å². The Morgan fingerprint density at radius 3 is 2.33 bits per heavy atom. The topological polar surface area (TPSA) is 67.3 Å². The molecule has 2 saturated carbocycles. The second-order valence-electron chi connectivity index (χ2n) is 10.8. The molecule has 0 radical (unpaired) electrons. The van der Waals surface area contributed by atoms with E-state index in [9.17, 15) is 0 Å². The molecule has 0 aromatic carbocycles. The van der Waals surface area contributed by atoms with Gasteiger partial charge in [0.05, 0.1) is 12.1 Å². The van der Waals surface area contributed by atoms with E-state index in [0.29, 0.717) is 17.5 Å². The molecular formula is C26H44N4. The van der Waals surface area contributed by atoms with E-state index in [0.717, 1.165) is 35.9 Å². The van der Waals surface area contributed by atoms with E-state index in [1.165, 1.54) is 38.5 Å². The molecule has 3 unspecified atom stereocenters. The lowest BCUT2D eigenvalue weighted by Gasteiger charge is -2.44. The third kappa shape index (κ3) is 4.64. The standard InChI is InChI=1S/C26H44N4/c1-16(2)13-23(17(3)18(4)27)29-19(5)24-22-14-21(22)15-30(24)20(6)25(28)26(7)11-9-8-10-12-26/h16,21-25,29H,3-6,8-15,27-28H2,1-2,7H3/t21-,22-,23?,24?,25?/m0/s1. The van der Waals surface area contributed by atoms with Gasteiger partial charge in [-0.1, -0.05) is 66.3 Å². The Morgan fingerprint density at radius 2 is 1.77 bits per heavy atom. The second-order valence-corrected chi connectivity index (χ2v) is 10.8. The molecule has 1 aliphatic heterocycles.